The van der Waals surface area contributed by atoms with Crippen LogP contribution in [0.3, 0.4) is 0 Å². The molecule has 1 atom stereocenters. The predicted molar refractivity (Wildman–Crippen MR) is 76.6 cm³/mol. The zero-order valence-corrected chi connectivity index (χ0v) is 12.8. The molecule has 1 aromatic rings. The molecule has 0 aliphatic rings. The van der Waals surface area contributed by atoms with E-state index in [1.807, 2.05) is 30.3 Å². The zero-order valence-electron chi connectivity index (χ0n) is 9.60. The van der Waals surface area contributed by atoms with Gasteiger partial charge < -0.3 is 9.26 Å². The van der Waals surface area contributed by atoms with E-state index in [1.165, 1.54) is 0 Å². The molecule has 0 amide bonds. The third-order valence-corrected chi connectivity index (χ3v) is 6.00. The van der Waals surface area contributed by atoms with Gasteiger partial charge >= 0.3 is 0 Å². The van der Waals surface area contributed by atoms with Crippen LogP contribution in [0.25, 0.3) is 0 Å². The maximum atomic E-state index is 11.9. The number of hydrogen-bond acceptors (Lipinski definition) is 3. The lowest BCUT2D eigenvalue weighted by molar-refractivity contribution is 0.149. The Hall–Kier alpha value is 0.0800. The van der Waals surface area contributed by atoms with Crippen molar-refractivity contribution in [1.82, 2.24) is 0 Å². The Labute approximate surface area is 122 Å². The van der Waals surface area contributed by atoms with Crippen molar-refractivity contribution in [3.8, 4) is 5.75 Å². The van der Waals surface area contributed by atoms with Crippen LogP contribution in [0.2, 0.25) is 0 Å². The van der Waals surface area contributed by atoms with E-state index in [0.29, 0.717) is 5.75 Å². The Kier molecular flexibility index (Phi) is 7.43. The summed E-state index contributed by atoms with van der Waals surface area (Å²) in [7, 11) is -3.01. The van der Waals surface area contributed by atoms with Gasteiger partial charge in [0.15, 0.2) is 0 Å². The molecular weight excluding hydrogens is 317 g/mol. The minimum absolute atomic E-state index is 0.130. The van der Waals surface area contributed by atoms with E-state index in [2.05, 4.69) is 0 Å². The van der Waals surface area contributed by atoms with Crippen LogP contribution >= 0.6 is 42.2 Å². The van der Waals surface area contributed by atoms with Gasteiger partial charge in [-0.25, -0.2) is 0 Å². The summed E-state index contributed by atoms with van der Waals surface area (Å²) < 4.78 is 22.8. The van der Waals surface area contributed by atoms with Crippen LogP contribution in [0.15, 0.2) is 30.3 Å². The predicted octanol–water partition coefficient (Wildman–Crippen LogP) is 4.36. The molecule has 0 heterocycles. The lowest BCUT2D eigenvalue weighted by Gasteiger charge is -2.20. The van der Waals surface area contributed by atoms with Gasteiger partial charge in [-0.3, -0.25) is 4.57 Å². The molecule has 18 heavy (non-hydrogen) atoms. The topological polar surface area (TPSA) is 35.5 Å². The molecule has 7 heteroatoms. The average Bonchev–Trinajstić information content (AvgIpc) is 2.44. The monoisotopic (exact) mass is 330 g/mol. The summed E-state index contributed by atoms with van der Waals surface area (Å²) in [5.41, 5.74) is -0.259. The van der Waals surface area contributed by atoms with E-state index in [9.17, 15) is 4.57 Å². The van der Waals surface area contributed by atoms with Crippen LogP contribution in [0, 0.1) is 0 Å². The van der Waals surface area contributed by atoms with Crippen molar-refractivity contribution in [3.63, 3.8) is 0 Å². The summed E-state index contributed by atoms with van der Waals surface area (Å²) in [6.07, 6.45) is -0.504. The number of benzene rings is 1. The smallest absolute Gasteiger partial charge is 0.232 e. The maximum Gasteiger partial charge on any atom is 0.232 e. The highest BCUT2D eigenvalue weighted by molar-refractivity contribution is 7.62. The van der Waals surface area contributed by atoms with E-state index < -0.39 is 13.5 Å². The normalized spacial score (nSPS) is 13.3. The van der Waals surface area contributed by atoms with Gasteiger partial charge in [0, 0.05) is 0 Å². The third-order valence-electron chi connectivity index (χ3n) is 2.06. The number of rotatable bonds is 8. The summed E-state index contributed by atoms with van der Waals surface area (Å²) in [6, 6.07) is 9.22. The van der Waals surface area contributed by atoms with Crippen molar-refractivity contribution in [1.29, 1.82) is 0 Å². The fourth-order valence-electron chi connectivity index (χ4n) is 1.17. The number of ether oxygens (including phenoxy) is 1. The molecule has 102 valence electrons. The average molecular weight is 332 g/mol. The van der Waals surface area contributed by atoms with Crippen LogP contribution in [-0.2, 0) is 9.09 Å². The van der Waals surface area contributed by atoms with Crippen molar-refractivity contribution >= 4 is 42.2 Å². The van der Waals surface area contributed by atoms with Gasteiger partial charge in [-0.05, 0) is 12.1 Å². The van der Waals surface area contributed by atoms with Gasteiger partial charge in [0.2, 0.25) is 7.37 Å². The zero-order chi connectivity index (χ0) is 13.4. The van der Waals surface area contributed by atoms with E-state index in [4.69, 9.17) is 44.1 Å². The Morgan fingerprint density at radius 2 is 1.72 bits per heavy atom. The lowest BCUT2D eigenvalue weighted by Crippen LogP contribution is -2.23. The van der Waals surface area contributed by atoms with Gasteiger partial charge in [-0.1, -0.05) is 18.2 Å². The fraction of sp³-hybridized carbons (Fsp3) is 0.455. The summed E-state index contributed by atoms with van der Waals surface area (Å²) in [4.78, 5) is 0. The first-order valence-corrected chi connectivity index (χ1v) is 8.85. The first-order valence-electron chi connectivity index (χ1n) is 5.26. The third kappa shape index (κ3) is 5.38. The highest BCUT2D eigenvalue weighted by atomic mass is 35.5. The largest absolute Gasteiger partial charge is 0.491 e. The molecule has 1 rings (SSSR count). The molecule has 1 aromatic carbocycles. The molecule has 0 radical (unpaired) electrons. The molecule has 0 aromatic heterocycles. The van der Waals surface area contributed by atoms with E-state index in [-0.39, 0.29) is 23.7 Å². The van der Waals surface area contributed by atoms with Gasteiger partial charge in [0.1, 0.15) is 29.7 Å². The summed E-state index contributed by atoms with van der Waals surface area (Å²) in [5, 5.41) is 0. The second-order valence-electron chi connectivity index (χ2n) is 3.56. The van der Waals surface area contributed by atoms with E-state index in [0.717, 1.165) is 0 Å². The van der Waals surface area contributed by atoms with Crippen molar-refractivity contribution in [2.75, 3.05) is 23.7 Å². The maximum absolute atomic E-state index is 11.9. The van der Waals surface area contributed by atoms with Gasteiger partial charge in [-0.2, -0.15) is 0 Å². The Morgan fingerprint density at radius 3 is 2.22 bits per heavy atom. The van der Waals surface area contributed by atoms with Crippen molar-refractivity contribution < 1.29 is 13.8 Å². The summed E-state index contributed by atoms with van der Waals surface area (Å²) >= 11 is 16.9. The molecule has 1 unspecified atom stereocenters. The fourth-order valence-corrected chi connectivity index (χ4v) is 3.37. The second-order valence-corrected chi connectivity index (χ2v) is 7.62. The molecule has 0 saturated carbocycles. The van der Waals surface area contributed by atoms with Crippen LogP contribution in [0.5, 0.6) is 5.75 Å². The molecule has 0 aliphatic carbocycles. The Bertz CT molecular complexity index is 380. The highest BCUT2D eigenvalue weighted by Gasteiger charge is 2.25. The van der Waals surface area contributed by atoms with Crippen molar-refractivity contribution in [3.05, 3.63) is 30.3 Å². The summed E-state index contributed by atoms with van der Waals surface area (Å²) in [6.45, 7) is 0.200. The van der Waals surface area contributed by atoms with Gasteiger partial charge in [-0.15, -0.1) is 34.8 Å². The lowest BCUT2D eigenvalue weighted by atomic mass is 10.3. The minimum Gasteiger partial charge on any atom is -0.491 e. The SMILES string of the molecule is O=P(CCl)(CCl)OC(CCl)COc1ccccc1. The van der Waals surface area contributed by atoms with Gasteiger partial charge in [0.25, 0.3) is 0 Å². The van der Waals surface area contributed by atoms with Crippen molar-refractivity contribution in [2.45, 2.75) is 6.10 Å². The summed E-state index contributed by atoms with van der Waals surface area (Å²) in [5.74, 6) is 0.854. The number of halogens is 3. The quantitative estimate of drug-likeness (QED) is 0.524. The van der Waals surface area contributed by atoms with Crippen LogP contribution in [-0.4, -0.2) is 29.8 Å². The molecular formula is C11H14Cl3O3P. The molecule has 0 N–H and O–H groups in total. The molecule has 0 aliphatic heterocycles. The first-order chi connectivity index (χ1) is 8.63. The number of para-hydroxylation sites is 1. The minimum atomic E-state index is -3.01. The number of alkyl halides is 3. The highest BCUT2D eigenvalue weighted by Crippen LogP contribution is 2.49. The van der Waals surface area contributed by atoms with Crippen molar-refractivity contribution in [2.24, 2.45) is 0 Å². The number of hydrogen-bond donors (Lipinski definition) is 0. The van der Waals surface area contributed by atoms with E-state index >= 15 is 0 Å². The van der Waals surface area contributed by atoms with Crippen LogP contribution in [0.1, 0.15) is 0 Å². The first kappa shape index (κ1) is 16.1. The van der Waals surface area contributed by atoms with E-state index in [1.54, 1.807) is 0 Å². The second kappa shape index (κ2) is 8.29. The molecule has 0 bridgehead atoms. The molecule has 0 saturated heterocycles. The van der Waals surface area contributed by atoms with Crippen LogP contribution in [0.4, 0.5) is 0 Å². The van der Waals surface area contributed by atoms with Crippen LogP contribution < -0.4 is 4.74 Å². The Morgan fingerprint density at radius 1 is 1.11 bits per heavy atom. The Balaban J connectivity index is 2.50. The van der Waals surface area contributed by atoms with Gasteiger partial charge in [0.05, 0.1) is 5.88 Å². The molecule has 0 fully saturated rings. The molecule has 3 nitrogen and oxygen atoms in total. The molecule has 0 spiro atoms. The standard InChI is InChI=1S/C11H14Cl3O3P/c12-6-11(17-18(15,8-13)9-14)7-16-10-4-2-1-3-5-10/h1-5,11H,6-9H2.